The molecule has 24 heavy (non-hydrogen) atoms. The molecule has 2 aromatic carbocycles. The lowest BCUT2D eigenvalue weighted by Crippen LogP contribution is -2.22. The Morgan fingerprint density at radius 3 is 2.71 bits per heavy atom. The molecule has 0 aliphatic carbocycles. The standard InChI is InChI=1S/C19H20O5/c1-11(2)23-17-9-12(7-8-15(17)22-3)16-10-13-5-4-6-14(20)18(13)19(21)24-16/h4-9,11,16,20H,10H2,1-3H3. The molecule has 0 saturated heterocycles. The van der Waals surface area contributed by atoms with Crippen molar-refractivity contribution in [2.75, 3.05) is 7.11 Å². The number of rotatable bonds is 4. The summed E-state index contributed by atoms with van der Waals surface area (Å²) in [7, 11) is 1.59. The van der Waals surface area contributed by atoms with Gasteiger partial charge in [-0.05, 0) is 43.2 Å². The highest BCUT2D eigenvalue weighted by molar-refractivity contribution is 5.95. The zero-order valence-electron chi connectivity index (χ0n) is 13.9. The number of methoxy groups -OCH3 is 1. The first-order valence-electron chi connectivity index (χ1n) is 7.86. The van der Waals surface area contributed by atoms with Gasteiger partial charge in [0.15, 0.2) is 11.5 Å². The average Bonchev–Trinajstić information content (AvgIpc) is 2.54. The van der Waals surface area contributed by atoms with E-state index in [1.54, 1.807) is 19.2 Å². The van der Waals surface area contributed by atoms with Crippen LogP contribution in [0.2, 0.25) is 0 Å². The van der Waals surface area contributed by atoms with E-state index >= 15 is 0 Å². The molecule has 5 nitrogen and oxygen atoms in total. The third-order valence-corrected chi connectivity index (χ3v) is 3.91. The number of carbonyl (C=O) groups excluding carboxylic acids is 1. The minimum absolute atomic E-state index is 0.000675. The number of benzene rings is 2. The van der Waals surface area contributed by atoms with Gasteiger partial charge >= 0.3 is 5.97 Å². The molecule has 126 valence electrons. The Morgan fingerprint density at radius 1 is 1.21 bits per heavy atom. The summed E-state index contributed by atoms with van der Waals surface area (Å²) < 4.78 is 16.6. The maximum absolute atomic E-state index is 12.2. The van der Waals surface area contributed by atoms with Crippen LogP contribution < -0.4 is 9.47 Å². The van der Waals surface area contributed by atoms with Crippen molar-refractivity contribution >= 4 is 5.97 Å². The molecular weight excluding hydrogens is 308 g/mol. The fourth-order valence-corrected chi connectivity index (χ4v) is 2.85. The zero-order valence-corrected chi connectivity index (χ0v) is 13.9. The van der Waals surface area contributed by atoms with Crippen LogP contribution in [-0.2, 0) is 11.2 Å². The van der Waals surface area contributed by atoms with Crippen molar-refractivity contribution in [1.82, 2.24) is 0 Å². The Balaban J connectivity index is 1.94. The van der Waals surface area contributed by atoms with E-state index in [1.807, 2.05) is 32.0 Å². The van der Waals surface area contributed by atoms with Crippen molar-refractivity contribution in [2.45, 2.75) is 32.5 Å². The van der Waals surface area contributed by atoms with Gasteiger partial charge in [-0.1, -0.05) is 18.2 Å². The van der Waals surface area contributed by atoms with Gasteiger partial charge in [0, 0.05) is 6.42 Å². The minimum Gasteiger partial charge on any atom is -0.507 e. The molecule has 0 bridgehead atoms. The first-order chi connectivity index (χ1) is 11.5. The summed E-state index contributed by atoms with van der Waals surface area (Å²) in [4.78, 5) is 12.2. The van der Waals surface area contributed by atoms with E-state index in [9.17, 15) is 9.90 Å². The van der Waals surface area contributed by atoms with Crippen LogP contribution >= 0.6 is 0 Å². The molecule has 0 saturated carbocycles. The van der Waals surface area contributed by atoms with E-state index in [4.69, 9.17) is 14.2 Å². The fourth-order valence-electron chi connectivity index (χ4n) is 2.85. The third kappa shape index (κ3) is 3.02. The average molecular weight is 328 g/mol. The van der Waals surface area contributed by atoms with Crippen LogP contribution in [0.4, 0.5) is 0 Å². The van der Waals surface area contributed by atoms with Gasteiger partial charge in [-0.3, -0.25) is 0 Å². The van der Waals surface area contributed by atoms with Gasteiger partial charge in [0.25, 0.3) is 0 Å². The number of fused-ring (bicyclic) bond motifs is 1. The van der Waals surface area contributed by atoms with E-state index in [2.05, 4.69) is 0 Å². The van der Waals surface area contributed by atoms with Crippen LogP contribution in [0, 0.1) is 0 Å². The molecule has 5 heteroatoms. The second kappa shape index (κ2) is 6.43. The van der Waals surface area contributed by atoms with Gasteiger partial charge in [0.1, 0.15) is 17.4 Å². The normalized spacial score (nSPS) is 16.5. The van der Waals surface area contributed by atoms with Gasteiger partial charge in [-0.25, -0.2) is 4.79 Å². The van der Waals surface area contributed by atoms with Gasteiger partial charge in [-0.15, -0.1) is 0 Å². The number of hydrogen-bond acceptors (Lipinski definition) is 5. The molecule has 0 spiro atoms. The summed E-state index contributed by atoms with van der Waals surface area (Å²) in [5, 5.41) is 9.86. The molecule has 2 aromatic rings. The highest BCUT2D eigenvalue weighted by Gasteiger charge is 2.30. The molecule has 1 aliphatic rings. The van der Waals surface area contributed by atoms with E-state index in [-0.39, 0.29) is 17.4 Å². The Bertz CT molecular complexity index is 766. The van der Waals surface area contributed by atoms with Gasteiger partial charge in [0.2, 0.25) is 0 Å². The number of ether oxygens (including phenoxy) is 3. The van der Waals surface area contributed by atoms with E-state index in [0.717, 1.165) is 11.1 Å². The van der Waals surface area contributed by atoms with Crippen molar-refractivity contribution in [3.8, 4) is 17.2 Å². The van der Waals surface area contributed by atoms with Crippen LogP contribution in [-0.4, -0.2) is 24.3 Å². The Hall–Kier alpha value is -2.69. The van der Waals surface area contributed by atoms with E-state index in [1.165, 1.54) is 6.07 Å². The summed E-state index contributed by atoms with van der Waals surface area (Å²) >= 11 is 0. The molecular formula is C19H20O5. The SMILES string of the molecule is COc1ccc(C2Cc3cccc(O)c3C(=O)O2)cc1OC(C)C. The molecule has 0 radical (unpaired) electrons. The maximum Gasteiger partial charge on any atom is 0.342 e. The Labute approximate surface area is 140 Å². The highest BCUT2D eigenvalue weighted by Crippen LogP contribution is 2.37. The number of esters is 1. The summed E-state index contributed by atoms with van der Waals surface area (Å²) in [6.07, 6.45) is 0.0797. The molecule has 0 amide bonds. The minimum atomic E-state index is -0.513. The maximum atomic E-state index is 12.2. The van der Waals surface area contributed by atoms with Crippen molar-refractivity contribution < 1.29 is 24.1 Å². The summed E-state index contributed by atoms with van der Waals surface area (Å²) in [6.45, 7) is 3.87. The molecule has 1 atom stereocenters. The number of cyclic esters (lactones) is 1. The summed E-state index contributed by atoms with van der Waals surface area (Å²) in [6, 6.07) is 10.5. The smallest absolute Gasteiger partial charge is 0.342 e. The van der Waals surface area contributed by atoms with Crippen LogP contribution in [0.5, 0.6) is 17.2 Å². The van der Waals surface area contributed by atoms with Crippen molar-refractivity contribution in [3.05, 3.63) is 53.1 Å². The largest absolute Gasteiger partial charge is 0.507 e. The van der Waals surface area contributed by atoms with Gasteiger partial charge < -0.3 is 19.3 Å². The lowest BCUT2D eigenvalue weighted by atomic mass is 9.94. The lowest BCUT2D eigenvalue weighted by molar-refractivity contribution is 0.0247. The number of aromatic hydroxyl groups is 1. The van der Waals surface area contributed by atoms with Gasteiger partial charge in [-0.2, -0.15) is 0 Å². The number of carbonyl (C=O) groups is 1. The lowest BCUT2D eigenvalue weighted by Gasteiger charge is -2.26. The van der Waals surface area contributed by atoms with Gasteiger partial charge in [0.05, 0.1) is 13.2 Å². The highest BCUT2D eigenvalue weighted by atomic mass is 16.5. The molecule has 0 fully saturated rings. The van der Waals surface area contributed by atoms with Crippen LogP contribution in [0.15, 0.2) is 36.4 Å². The van der Waals surface area contributed by atoms with E-state index < -0.39 is 12.1 Å². The second-order valence-corrected chi connectivity index (χ2v) is 5.99. The number of phenolic OH excluding ortho intramolecular Hbond substituents is 1. The number of phenols is 1. The predicted octanol–water partition coefficient (Wildman–Crippen LogP) is 3.64. The van der Waals surface area contributed by atoms with E-state index in [0.29, 0.717) is 17.9 Å². The van der Waals surface area contributed by atoms with Crippen molar-refractivity contribution in [3.63, 3.8) is 0 Å². The Kier molecular flexibility index (Phi) is 4.34. The predicted molar refractivity (Wildman–Crippen MR) is 88.7 cm³/mol. The zero-order chi connectivity index (χ0) is 17.3. The molecule has 0 aromatic heterocycles. The number of hydrogen-bond donors (Lipinski definition) is 1. The van der Waals surface area contributed by atoms with Crippen molar-refractivity contribution in [1.29, 1.82) is 0 Å². The fraction of sp³-hybridized carbons (Fsp3) is 0.316. The van der Waals surface area contributed by atoms with Crippen LogP contribution in [0.1, 0.15) is 41.4 Å². The molecule has 3 rings (SSSR count). The topological polar surface area (TPSA) is 65.0 Å². The molecule has 1 aliphatic heterocycles. The molecule has 1 unspecified atom stereocenters. The first kappa shape index (κ1) is 16.2. The Morgan fingerprint density at radius 2 is 2.00 bits per heavy atom. The first-order valence-corrected chi connectivity index (χ1v) is 7.86. The third-order valence-electron chi connectivity index (χ3n) is 3.91. The summed E-state index contributed by atoms with van der Waals surface area (Å²) in [5.74, 6) is 0.686. The summed E-state index contributed by atoms with van der Waals surface area (Å²) in [5.41, 5.74) is 1.85. The van der Waals surface area contributed by atoms with Crippen molar-refractivity contribution in [2.24, 2.45) is 0 Å². The molecule has 1 N–H and O–H groups in total. The quantitative estimate of drug-likeness (QED) is 0.868. The monoisotopic (exact) mass is 328 g/mol. The van der Waals surface area contributed by atoms with Crippen LogP contribution in [0.3, 0.4) is 0 Å². The second-order valence-electron chi connectivity index (χ2n) is 5.99. The van der Waals surface area contributed by atoms with Crippen LogP contribution in [0.25, 0.3) is 0 Å². The molecule has 1 heterocycles.